The fourth-order valence-corrected chi connectivity index (χ4v) is 6.71. The summed E-state index contributed by atoms with van der Waals surface area (Å²) >= 11 is 1.35. The van der Waals surface area contributed by atoms with Gasteiger partial charge in [-0.15, -0.1) is 11.8 Å². The van der Waals surface area contributed by atoms with Crippen molar-refractivity contribution in [3.05, 3.63) is 28.5 Å². The summed E-state index contributed by atoms with van der Waals surface area (Å²) in [5.74, 6) is -2.51. The maximum absolute atomic E-state index is 12.6. The summed E-state index contributed by atoms with van der Waals surface area (Å²) < 4.78 is 27.7. The van der Waals surface area contributed by atoms with Crippen molar-refractivity contribution < 1.29 is 37.4 Å². The second-order valence-electron chi connectivity index (χ2n) is 8.69. The number of thioether (sulfide) groups is 1. The number of amides is 2. The van der Waals surface area contributed by atoms with E-state index in [4.69, 9.17) is 9.56 Å². The number of nitrogens with one attached hydrogen (secondary N) is 2. The summed E-state index contributed by atoms with van der Waals surface area (Å²) in [6.45, 7) is 3.82. The molecule has 0 unspecified atom stereocenters. The molecule has 2 fully saturated rings. The van der Waals surface area contributed by atoms with E-state index >= 15 is 0 Å². The van der Waals surface area contributed by atoms with E-state index in [1.165, 1.54) is 35.7 Å². The number of hydrogen-bond donors (Lipinski definition) is 5. The van der Waals surface area contributed by atoms with Crippen molar-refractivity contribution >= 4 is 39.6 Å². The van der Waals surface area contributed by atoms with E-state index in [0.29, 0.717) is 17.9 Å². The van der Waals surface area contributed by atoms with Crippen LogP contribution in [0.4, 0.5) is 0 Å². The van der Waals surface area contributed by atoms with Gasteiger partial charge in [0.25, 0.3) is 10.0 Å². The van der Waals surface area contributed by atoms with Gasteiger partial charge in [0, 0.05) is 22.6 Å². The number of rotatable bonds is 8. The molecule has 34 heavy (non-hydrogen) atoms. The Labute approximate surface area is 200 Å². The Morgan fingerprint density at radius 3 is 2.71 bits per heavy atom. The van der Waals surface area contributed by atoms with E-state index in [9.17, 15) is 33.0 Å². The Bertz CT molecular complexity index is 1160. The number of furan rings is 1. The smallest absolute Gasteiger partial charge is 0.353 e. The Hall–Kier alpha value is -2.39. The van der Waals surface area contributed by atoms with Gasteiger partial charge < -0.3 is 30.2 Å². The zero-order valence-corrected chi connectivity index (χ0v) is 20.1. The number of nitrogens with zero attached hydrogens (tertiary/aromatic N) is 1. The molecule has 14 heteroatoms. The number of aliphatic hydroxyl groups is 1. The van der Waals surface area contributed by atoms with E-state index in [1.807, 2.05) is 6.92 Å². The molecule has 4 rings (SSSR count). The molecule has 0 bridgehead atoms. The fourth-order valence-electron chi connectivity index (χ4n) is 4.75. The average molecular weight is 515 g/mol. The minimum Gasteiger partial charge on any atom is -0.477 e. The Morgan fingerprint density at radius 1 is 1.41 bits per heavy atom. The molecule has 0 spiro atoms. The second-order valence-corrected chi connectivity index (χ2v) is 11.5. The maximum Gasteiger partial charge on any atom is 0.353 e. The SMILES string of the molecule is C[C@@H](O)[C@H]1C(=O)N2C(C(=O)O)=C(S[C@@H]3CN[C@H](C(=O)NCc4ccc(S(N)(=O)=O)o4)C3)[C@H](C)[C@H]12. The zero-order chi connectivity index (χ0) is 24.9. The van der Waals surface area contributed by atoms with Crippen LogP contribution in [0, 0.1) is 11.8 Å². The van der Waals surface area contributed by atoms with Gasteiger partial charge in [-0.1, -0.05) is 6.92 Å². The lowest BCUT2D eigenvalue weighted by Crippen LogP contribution is -2.63. The summed E-state index contributed by atoms with van der Waals surface area (Å²) in [6.07, 6.45) is -0.439. The van der Waals surface area contributed by atoms with Crippen LogP contribution >= 0.6 is 11.8 Å². The molecule has 3 aliphatic rings. The molecule has 6 atom stereocenters. The highest BCUT2D eigenvalue weighted by Crippen LogP contribution is 2.51. The lowest BCUT2D eigenvalue weighted by molar-refractivity contribution is -0.163. The van der Waals surface area contributed by atoms with Gasteiger partial charge in [-0.05, 0) is 25.5 Å². The van der Waals surface area contributed by atoms with Gasteiger partial charge in [-0.2, -0.15) is 0 Å². The van der Waals surface area contributed by atoms with Crippen LogP contribution in [0.15, 0.2) is 32.2 Å². The molecule has 0 aliphatic carbocycles. The third-order valence-corrected chi connectivity index (χ3v) is 8.66. The molecule has 186 valence electrons. The van der Waals surface area contributed by atoms with Gasteiger partial charge in [-0.25, -0.2) is 18.4 Å². The first-order valence-corrected chi connectivity index (χ1v) is 13.1. The molecule has 2 amide bonds. The molecule has 0 radical (unpaired) electrons. The number of carbonyl (C=O) groups excluding carboxylic acids is 2. The third kappa shape index (κ3) is 4.35. The number of sulfonamides is 1. The van der Waals surface area contributed by atoms with Crippen LogP contribution in [-0.4, -0.2) is 71.3 Å². The van der Waals surface area contributed by atoms with Gasteiger partial charge in [0.1, 0.15) is 11.5 Å². The van der Waals surface area contributed by atoms with Gasteiger partial charge in [0.15, 0.2) is 0 Å². The highest BCUT2D eigenvalue weighted by atomic mass is 32.2. The lowest BCUT2D eigenvalue weighted by atomic mass is 9.79. The number of carboxylic acids is 1. The largest absolute Gasteiger partial charge is 0.477 e. The van der Waals surface area contributed by atoms with E-state index in [-0.39, 0.29) is 52.1 Å². The summed E-state index contributed by atoms with van der Waals surface area (Å²) in [6, 6.07) is 1.71. The van der Waals surface area contributed by atoms with E-state index < -0.39 is 34.1 Å². The van der Waals surface area contributed by atoms with Crippen molar-refractivity contribution in [3.8, 4) is 0 Å². The predicted molar refractivity (Wildman–Crippen MR) is 119 cm³/mol. The molecule has 0 aromatic carbocycles. The molecule has 4 heterocycles. The molecule has 2 saturated heterocycles. The first-order chi connectivity index (χ1) is 15.9. The van der Waals surface area contributed by atoms with Crippen LogP contribution in [0.5, 0.6) is 0 Å². The zero-order valence-electron chi connectivity index (χ0n) is 18.4. The molecular formula is C20H26N4O8S2. The van der Waals surface area contributed by atoms with Crippen LogP contribution in [0.2, 0.25) is 0 Å². The number of β-lactam (4-membered cyclic amide) rings is 1. The van der Waals surface area contributed by atoms with Crippen molar-refractivity contribution in [1.29, 1.82) is 0 Å². The Morgan fingerprint density at radius 2 is 2.12 bits per heavy atom. The molecule has 1 aromatic rings. The van der Waals surface area contributed by atoms with E-state index in [0.717, 1.165) is 0 Å². The van der Waals surface area contributed by atoms with Crippen LogP contribution in [0.3, 0.4) is 0 Å². The molecule has 12 nitrogen and oxygen atoms in total. The van der Waals surface area contributed by atoms with Crippen molar-refractivity contribution in [2.45, 2.75) is 55.3 Å². The standard InChI is InChI=1S/C20H26N4O8S2/c1-8-15-14(9(2)25)19(27)24(15)16(20(28)29)17(8)33-11-5-12(22-7-11)18(26)23-6-10-3-4-13(32-10)34(21,30)31/h3-4,8-9,11-12,14-15,22,25H,5-7H2,1-2H3,(H,23,26)(H,28,29)(H2,21,30,31)/t8-,9-,11+,12+,14-,15-/m1/s1. The topological polar surface area (TPSA) is 192 Å². The van der Waals surface area contributed by atoms with Crippen molar-refractivity contribution in [1.82, 2.24) is 15.5 Å². The van der Waals surface area contributed by atoms with Crippen molar-refractivity contribution in [2.75, 3.05) is 6.54 Å². The first kappa shape index (κ1) is 24.7. The molecular weight excluding hydrogens is 488 g/mol. The normalized spacial score (nSPS) is 29.7. The Balaban J connectivity index is 1.37. The van der Waals surface area contributed by atoms with Crippen molar-refractivity contribution in [3.63, 3.8) is 0 Å². The van der Waals surface area contributed by atoms with Crippen LogP contribution in [0.1, 0.15) is 26.0 Å². The maximum atomic E-state index is 12.6. The minimum absolute atomic E-state index is 0.0187. The summed E-state index contributed by atoms with van der Waals surface area (Å²) in [4.78, 5) is 38.8. The first-order valence-electron chi connectivity index (χ1n) is 10.7. The van der Waals surface area contributed by atoms with Crippen LogP contribution in [0.25, 0.3) is 0 Å². The highest BCUT2D eigenvalue weighted by Gasteiger charge is 2.60. The number of hydrogen-bond acceptors (Lipinski definition) is 9. The van der Waals surface area contributed by atoms with Crippen molar-refractivity contribution in [2.24, 2.45) is 17.0 Å². The van der Waals surface area contributed by atoms with Crippen LogP contribution in [-0.2, 0) is 31.0 Å². The number of aliphatic hydroxyl groups excluding tert-OH is 1. The summed E-state index contributed by atoms with van der Waals surface area (Å²) in [5.41, 5.74) is -0.0409. The summed E-state index contributed by atoms with van der Waals surface area (Å²) in [7, 11) is -3.96. The predicted octanol–water partition coefficient (Wildman–Crippen LogP) is -0.839. The molecule has 1 aromatic heterocycles. The van der Waals surface area contributed by atoms with Gasteiger partial charge in [0.2, 0.25) is 16.9 Å². The molecule has 0 saturated carbocycles. The van der Waals surface area contributed by atoms with Crippen LogP contribution < -0.4 is 15.8 Å². The van der Waals surface area contributed by atoms with Gasteiger partial charge in [-0.3, -0.25) is 9.59 Å². The van der Waals surface area contributed by atoms with E-state index in [1.54, 1.807) is 0 Å². The highest BCUT2D eigenvalue weighted by molar-refractivity contribution is 8.03. The van der Waals surface area contributed by atoms with Gasteiger partial charge >= 0.3 is 5.97 Å². The van der Waals surface area contributed by atoms with Gasteiger partial charge in [0.05, 0.1) is 30.7 Å². The number of primary sulfonamides is 1. The number of carboxylic acid groups (broad SMARTS) is 1. The number of carbonyl (C=O) groups is 3. The number of nitrogens with two attached hydrogens (primary N) is 1. The van der Waals surface area contributed by atoms with E-state index in [2.05, 4.69) is 10.6 Å². The third-order valence-electron chi connectivity index (χ3n) is 6.37. The summed E-state index contributed by atoms with van der Waals surface area (Å²) in [5, 5.41) is 30.0. The quantitative estimate of drug-likeness (QED) is 0.273. The average Bonchev–Trinajstić information content (AvgIpc) is 3.44. The second kappa shape index (κ2) is 9.00. The molecule has 6 N–H and O–H groups in total. The Kier molecular flexibility index (Phi) is 6.54. The number of fused-ring (bicyclic) bond motifs is 1. The fraction of sp³-hybridized carbons (Fsp3) is 0.550. The molecule has 3 aliphatic heterocycles. The number of aliphatic carboxylic acids is 1. The monoisotopic (exact) mass is 514 g/mol. The minimum atomic E-state index is -3.96. The lowest BCUT2D eigenvalue weighted by Gasteiger charge is -2.46.